The summed E-state index contributed by atoms with van der Waals surface area (Å²) in [5, 5.41) is -0.561. The van der Waals surface area contributed by atoms with Crippen LogP contribution in [0, 0.1) is 5.82 Å². The number of rotatable bonds is 2. The lowest BCUT2D eigenvalue weighted by molar-refractivity contribution is -0.137. The van der Waals surface area contributed by atoms with Crippen LogP contribution in [0.1, 0.15) is 30.5 Å². The van der Waals surface area contributed by atoms with Gasteiger partial charge in [0.1, 0.15) is 5.82 Å². The quantitative estimate of drug-likeness (QED) is 0.807. The molecule has 1 aromatic rings. The van der Waals surface area contributed by atoms with E-state index < -0.39 is 28.6 Å². The second-order valence-electron chi connectivity index (χ2n) is 3.37. The lowest BCUT2D eigenvalue weighted by Gasteiger charge is -2.15. The van der Waals surface area contributed by atoms with Crippen LogP contribution in [0.5, 0.6) is 0 Å². The van der Waals surface area contributed by atoms with Gasteiger partial charge >= 0.3 is 6.18 Å². The van der Waals surface area contributed by atoms with Crippen LogP contribution in [0.3, 0.4) is 0 Å². The van der Waals surface area contributed by atoms with Gasteiger partial charge in [-0.05, 0) is 18.6 Å². The van der Waals surface area contributed by atoms with Crippen LogP contribution < -0.4 is 5.73 Å². The summed E-state index contributed by atoms with van der Waals surface area (Å²) < 4.78 is 50.7. The average Bonchev–Trinajstić information content (AvgIpc) is 2.19. The maximum atomic E-state index is 13.4. The third-order valence-corrected chi connectivity index (χ3v) is 2.50. The van der Waals surface area contributed by atoms with Crippen molar-refractivity contribution in [1.82, 2.24) is 0 Å². The van der Waals surface area contributed by atoms with Crippen LogP contribution in [-0.2, 0) is 6.18 Å². The topological polar surface area (TPSA) is 26.0 Å². The summed E-state index contributed by atoms with van der Waals surface area (Å²) in [6.07, 6.45) is -4.23. The molecule has 0 aliphatic carbocycles. The second-order valence-corrected chi connectivity index (χ2v) is 3.78. The van der Waals surface area contributed by atoms with E-state index in [4.69, 9.17) is 17.3 Å². The Balaban J connectivity index is 0.00000256. The summed E-state index contributed by atoms with van der Waals surface area (Å²) in [4.78, 5) is 0. The Morgan fingerprint density at radius 3 is 2.29 bits per heavy atom. The minimum absolute atomic E-state index is 0. The van der Waals surface area contributed by atoms with Crippen LogP contribution >= 0.6 is 24.0 Å². The van der Waals surface area contributed by atoms with Crippen LogP contribution in [0.2, 0.25) is 5.02 Å². The molecule has 0 aliphatic heterocycles. The average molecular weight is 292 g/mol. The first-order valence-corrected chi connectivity index (χ1v) is 4.96. The molecule has 1 atom stereocenters. The number of hydrogen-bond acceptors (Lipinski definition) is 1. The van der Waals surface area contributed by atoms with Crippen LogP contribution in [0.4, 0.5) is 17.6 Å². The van der Waals surface area contributed by atoms with Gasteiger partial charge in [-0.1, -0.05) is 18.5 Å². The van der Waals surface area contributed by atoms with Crippen molar-refractivity contribution in [3.8, 4) is 0 Å². The minimum atomic E-state index is -4.56. The molecule has 0 spiro atoms. The van der Waals surface area contributed by atoms with E-state index in [0.29, 0.717) is 18.6 Å². The molecule has 1 rings (SSSR count). The van der Waals surface area contributed by atoms with Gasteiger partial charge < -0.3 is 5.73 Å². The molecule has 17 heavy (non-hydrogen) atoms. The highest BCUT2D eigenvalue weighted by atomic mass is 35.5. The fraction of sp³-hybridized carbons (Fsp3) is 0.400. The lowest BCUT2D eigenvalue weighted by atomic mass is 10.0. The van der Waals surface area contributed by atoms with Crippen LogP contribution in [-0.4, -0.2) is 0 Å². The first-order chi connectivity index (χ1) is 7.27. The molecule has 0 unspecified atom stereocenters. The van der Waals surface area contributed by atoms with Crippen molar-refractivity contribution < 1.29 is 17.6 Å². The zero-order chi connectivity index (χ0) is 12.5. The fourth-order valence-electron chi connectivity index (χ4n) is 1.26. The Kier molecular flexibility index (Phi) is 5.71. The first kappa shape index (κ1) is 16.5. The van der Waals surface area contributed by atoms with E-state index >= 15 is 0 Å². The number of alkyl halides is 3. The van der Waals surface area contributed by atoms with Gasteiger partial charge in [0.2, 0.25) is 0 Å². The molecule has 0 fully saturated rings. The molecule has 7 heteroatoms. The standard InChI is InChI=1S/C10H10ClF4N.ClH/c1-2-8(16)6-3-5(10(13,14)15)4-7(11)9(6)12;/h3-4,8H,2,16H2,1H3;1H/t8-;/m1./s1. The van der Waals surface area contributed by atoms with Crippen LogP contribution in [0.25, 0.3) is 0 Å². The van der Waals surface area contributed by atoms with Gasteiger partial charge in [0.25, 0.3) is 0 Å². The molecular formula is C10H11Cl2F4N. The van der Waals surface area contributed by atoms with E-state index in [1.165, 1.54) is 0 Å². The van der Waals surface area contributed by atoms with E-state index in [1.807, 2.05) is 0 Å². The summed E-state index contributed by atoms with van der Waals surface area (Å²) >= 11 is 5.40. The number of nitrogens with two attached hydrogens (primary N) is 1. The van der Waals surface area contributed by atoms with Crippen molar-refractivity contribution in [3.05, 3.63) is 34.1 Å². The largest absolute Gasteiger partial charge is 0.416 e. The van der Waals surface area contributed by atoms with E-state index in [0.717, 1.165) is 0 Å². The molecule has 0 radical (unpaired) electrons. The van der Waals surface area contributed by atoms with Crippen molar-refractivity contribution >= 4 is 24.0 Å². The third-order valence-electron chi connectivity index (χ3n) is 2.22. The number of hydrogen-bond donors (Lipinski definition) is 1. The predicted octanol–water partition coefficient (Wildman–Crippen LogP) is 4.33. The molecule has 0 bridgehead atoms. The smallest absolute Gasteiger partial charge is 0.324 e. The van der Waals surface area contributed by atoms with Crippen LogP contribution in [0.15, 0.2) is 12.1 Å². The molecule has 0 saturated carbocycles. The van der Waals surface area contributed by atoms with Crippen molar-refractivity contribution in [3.63, 3.8) is 0 Å². The number of halogens is 6. The highest BCUT2D eigenvalue weighted by Crippen LogP contribution is 2.35. The van der Waals surface area contributed by atoms with E-state index in [-0.39, 0.29) is 18.0 Å². The SMILES string of the molecule is CC[C@@H](N)c1cc(C(F)(F)F)cc(Cl)c1F.Cl. The molecule has 0 saturated heterocycles. The molecule has 98 valence electrons. The molecule has 0 amide bonds. The summed E-state index contributed by atoms with van der Waals surface area (Å²) in [6, 6.07) is 0.470. The number of benzene rings is 1. The molecule has 0 aliphatic rings. The Bertz CT molecular complexity index is 393. The van der Waals surface area contributed by atoms with Gasteiger partial charge in [-0.25, -0.2) is 4.39 Å². The van der Waals surface area contributed by atoms with E-state index in [2.05, 4.69) is 0 Å². The predicted molar refractivity (Wildman–Crippen MR) is 60.9 cm³/mol. The molecule has 1 nitrogen and oxygen atoms in total. The maximum absolute atomic E-state index is 13.4. The highest BCUT2D eigenvalue weighted by Gasteiger charge is 2.32. The van der Waals surface area contributed by atoms with Gasteiger partial charge in [0, 0.05) is 11.6 Å². The van der Waals surface area contributed by atoms with Crippen molar-refractivity contribution in [2.24, 2.45) is 5.73 Å². The molecule has 0 heterocycles. The molecule has 0 aromatic heterocycles. The van der Waals surface area contributed by atoms with Gasteiger partial charge in [-0.3, -0.25) is 0 Å². The first-order valence-electron chi connectivity index (χ1n) is 4.59. The van der Waals surface area contributed by atoms with Crippen molar-refractivity contribution in [2.45, 2.75) is 25.6 Å². The summed E-state index contributed by atoms with van der Waals surface area (Å²) in [6.45, 7) is 1.65. The summed E-state index contributed by atoms with van der Waals surface area (Å²) in [5.74, 6) is -0.885. The van der Waals surface area contributed by atoms with Crippen molar-refractivity contribution in [1.29, 1.82) is 0 Å². The van der Waals surface area contributed by atoms with Gasteiger partial charge in [-0.15, -0.1) is 12.4 Å². The lowest BCUT2D eigenvalue weighted by Crippen LogP contribution is -2.14. The second kappa shape index (κ2) is 5.89. The Labute approximate surface area is 107 Å². The normalized spacial score (nSPS) is 13.1. The van der Waals surface area contributed by atoms with Crippen molar-refractivity contribution in [2.75, 3.05) is 0 Å². The van der Waals surface area contributed by atoms with E-state index in [1.54, 1.807) is 6.92 Å². The fourth-order valence-corrected chi connectivity index (χ4v) is 1.49. The Hall–Kier alpha value is -0.520. The van der Waals surface area contributed by atoms with Gasteiger partial charge in [0.15, 0.2) is 0 Å². The Morgan fingerprint density at radius 2 is 1.88 bits per heavy atom. The molecule has 1 aromatic carbocycles. The summed E-state index contributed by atoms with van der Waals surface area (Å²) in [5.41, 5.74) is 4.32. The van der Waals surface area contributed by atoms with Gasteiger partial charge in [0.05, 0.1) is 10.6 Å². The third kappa shape index (κ3) is 3.72. The highest BCUT2D eigenvalue weighted by molar-refractivity contribution is 6.30. The monoisotopic (exact) mass is 291 g/mol. The maximum Gasteiger partial charge on any atom is 0.416 e. The zero-order valence-electron chi connectivity index (χ0n) is 8.81. The zero-order valence-corrected chi connectivity index (χ0v) is 10.4. The minimum Gasteiger partial charge on any atom is -0.324 e. The Morgan fingerprint density at radius 1 is 1.35 bits per heavy atom. The summed E-state index contributed by atoms with van der Waals surface area (Å²) in [7, 11) is 0. The molecular weight excluding hydrogens is 281 g/mol. The van der Waals surface area contributed by atoms with E-state index in [9.17, 15) is 17.6 Å². The molecule has 2 N–H and O–H groups in total. The van der Waals surface area contributed by atoms with Gasteiger partial charge in [-0.2, -0.15) is 13.2 Å².